The second-order valence-corrected chi connectivity index (χ2v) is 12.2. The molecule has 0 spiro atoms. The number of hydrazine groups is 2. The van der Waals surface area contributed by atoms with Gasteiger partial charge in [-0.1, -0.05) is 61.9 Å². The van der Waals surface area contributed by atoms with Crippen LogP contribution >= 0.6 is 0 Å². The monoisotopic (exact) mass is 583 g/mol. The van der Waals surface area contributed by atoms with Gasteiger partial charge in [0.15, 0.2) is 5.84 Å². The standard InChI is InChI=1S/C33H41N7O3/c1-4-7-29-28(20-22-10-12-23(13-11-22)26-8-5-6-9-27(26)31-35-37-38-36-31)32(41)39(30-18-19-34-40(29)30)24-14-16-25(17-15-24)43-21-33(2,3)42/h5-6,8-13,18-19,24-25,37-38,42H,4,7,14-17,20-21H2,1-3H3,(H,35,36). The van der Waals surface area contributed by atoms with Gasteiger partial charge in [0.25, 0.3) is 5.56 Å². The van der Waals surface area contributed by atoms with Gasteiger partial charge in [-0.3, -0.25) is 14.8 Å². The third-order valence-corrected chi connectivity index (χ3v) is 8.35. The number of nitrogens with zero attached hydrogens (tertiary/aromatic N) is 4. The Hall–Kier alpha value is -3.99. The Balaban J connectivity index is 1.29. The molecule has 0 amide bonds. The Morgan fingerprint density at radius 3 is 2.44 bits per heavy atom. The summed E-state index contributed by atoms with van der Waals surface area (Å²) >= 11 is 0. The molecule has 1 aliphatic heterocycles. The smallest absolute Gasteiger partial charge is 0.257 e. The SMILES string of the molecule is CCCc1c(Cc2ccc(-c3ccccc3C3=NNNN3)cc2)c(=O)n(C2CCC(OCC(C)(C)O)CC2)c2ccnn12. The third kappa shape index (κ3) is 6.22. The summed E-state index contributed by atoms with van der Waals surface area (Å²) in [5.74, 6) is 0.731. The second kappa shape index (κ2) is 12.3. The van der Waals surface area contributed by atoms with Crippen molar-refractivity contribution in [3.05, 3.63) is 93.5 Å². The number of hydrogen-bond donors (Lipinski definition) is 4. The summed E-state index contributed by atoms with van der Waals surface area (Å²) in [6, 6.07) is 18.6. The quantitative estimate of drug-likeness (QED) is 0.221. The molecular formula is C33H41N7O3. The topological polar surface area (TPSA) is 117 Å². The Kier molecular flexibility index (Phi) is 8.34. The Bertz CT molecular complexity index is 1660. The highest BCUT2D eigenvalue weighted by Crippen LogP contribution is 2.32. The molecule has 43 heavy (non-hydrogen) atoms. The zero-order chi connectivity index (χ0) is 30.0. The van der Waals surface area contributed by atoms with Crippen molar-refractivity contribution in [3.63, 3.8) is 0 Å². The lowest BCUT2D eigenvalue weighted by Crippen LogP contribution is -2.36. The van der Waals surface area contributed by atoms with Crippen molar-refractivity contribution in [1.29, 1.82) is 0 Å². The maximum atomic E-state index is 14.3. The highest BCUT2D eigenvalue weighted by Gasteiger charge is 2.28. The highest BCUT2D eigenvalue weighted by molar-refractivity contribution is 6.04. The van der Waals surface area contributed by atoms with Gasteiger partial charge in [0.1, 0.15) is 5.65 Å². The molecule has 2 aliphatic rings. The predicted molar refractivity (Wildman–Crippen MR) is 168 cm³/mol. The van der Waals surface area contributed by atoms with Gasteiger partial charge < -0.3 is 9.84 Å². The molecule has 6 rings (SSSR count). The molecule has 10 nitrogen and oxygen atoms in total. The molecule has 3 heterocycles. The van der Waals surface area contributed by atoms with Crippen molar-refractivity contribution in [2.24, 2.45) is 5.10 Å². The number of rotatable bonds is 10. The lowest BCUT2D eigenvalue weighted by molar-refractivity contribution is -0.0654. The number of hydrogen-bond acceptors (Lipinski definition) is 8. The van der Waals surface area contributed by atoms with E-state index < -0.39 is 5.60 Å². The van der Waals surface area contributed by atoms with Crippen LogP contribution in [0.25, 0.3) is 16.8 Å². The van der Waals surface area contributed by atoms with Gasteiger partial charge in [-0.15, -0.1) is 10.6 Å². The summed E-state index contributed by atoms with van der Waals surface area (Å²) in [5, 5.41) is 19.0. The first kappa shape index (κ1) is 29.1. The van der Waals surface area contributed by atoms with Gasteiger partial charge >= 0.3 is 0 Å². The summed E-state index contributed by atoms with van der Waals surface area (Å²) in [7, 11) is 0. The highest BCUT2D eigenvalue weighted by atomic mass is 16.5. The van der Waals surface area contributed by atoms with E-state index in [1.807, 2.05) is 33.3 Å². The molecule has 1 fully saturated rings. The van der Waals surface area contributed by atoms with E-state index >= 15 is 0 Å². The number of ether oxygens (including phenoxy) is 1. The number of amidine groups is 1. The largest absolute Gasteiger partial charge is 0.388 e. The molecule has 0 saturated heterocycles. The number of aromatic nitrogens is 3. The van der Waals surface area contributed by atoms with Gasteiger partial charge in [-0.2, -0.15) is 5.10 Å². The molecule has 0 unspecified atom stereocenters. The van der Waals surface area contributed by atoms with Gasteiger partial charge in [-0.25, -0.2) is 10.1 Å². The van der Waals surface area contributed by atoms with Crippen LogP contribution in [0, 0.1) is 0 Å². The van der Waals surface area contributed by atoms with Gasteiger partial charge in [0.05, 0.1) is 30.2 Å². The molecule has 4 N–H and O–H groups in total. The average Bonchev–Trinajstić information content (AvgIpc) is 3.72. The predicted octanol–water partition coefficient (Wildman–Crippen LogP) is 4.25. The molecule has 226 valence electrons. The first-order valence-electron chi connectivity index (χ1n) is 15.3. The minimum absolute atomic E-state index is 0.0806. The van der Waals surface area contributed by atoms with Crippen LogP contribution in [0.4, 0.5) is 0 Å². The molecule has 0 atom stereocenters. The maximum absolute atomic E-state index is 14.3. The van der Waals surface area contributed by atoms with Crippen LogP contribution in [0.5, 0.6) is 0 Å². The van der Waals surface area contributed by atoms with E-state index in [2.05, 4.69) is 64.0 Å². The van der Waals surface area contributed by atoms with Crippen molar-refractivity contribution < 1.29 is 9.84 Å². The van der Waals surface area contributed by atoms with Crippen LogP contribution in [0.2, 0.25) is 0 Å². The first-order valence-corrected chi connectivity index (χ1v) is 15.3. The fraction of sp³-hybridized carbons (Fsp3) is 0.424. The molecule has 10 heteroatoms. The van der Waals surface area contributed by atoms with E-state index in [9.17, 15) is 9.90 Å². The van der Waals surface area contributed by atoms with E-state index in [0.29, 0.717) is 13.0 Å². The van der Waals surface area contributed by atoms with Crippen molar-refractivity contribution in [1.82, 2.24) is 30.7 Å². The molecular weight excluding hydrogens is 542 g/mol. The Morgan fingerprint density at radius 2 is 1.77 bits per heavy atom. The lowest BCUT2D eigenvalue weighted by Gasteiger charge is -2.32. The van der Waals surface area contributed by atoms with Crippen LogP contribution in [0.15, 0.2) is 70.7 Å². The van der Waals surface area contributed by atoms with Crippen molar-refractivity contribution in [2.45, 2.75) is 83.5 Å². The lowest BCUT2D eigenvalue weighted by atomic mass is 9.92. The normalized spacial score (nSPS) is 18.8. The number of benzene rings is 2. The third-order valence-electron chi connectivity index (χ3n) is 8.35. The van der Waals surface area contributed by atoms with Crippen molar-refractivity contribution in [2.75, 3.05) is 6.61 Å². The molecule has 0 bridgehead atoms. The van der Waals surface area contributed by atoms with Crippen LogP contribution in [-0.2, 0) is 17.6 Å². The van der Waals surface area contributed by atoms with Crippen LogP contribution < -0.4 is 22.1 Å². The van der Waals surface area contributed by atoms with E-state index in [0.717, 1.165) is 83.5 Å². The Labute approximate surface area is 251 Å². The molecule has 0 radical (unpaired) electrons. The van der Waals surface area contributed by atoms with E-state index in [-0.39, 0.29) is 17.7 Å². The van der Waals surface area contributed by atoms with Gasteiger partial charge in [-0.05, 0) is 62.6 Å². The number of aliphatic hydroxyl groups is 1. The molecule has 2 aromatic heterocycles. The zero-order valence-electron chi connectivity index (χ0n) is 25.1. The average molecular weight is 584 g/mol. The molecule has 4 aromatic rings. The fourth-order valence-corrected chi connectivity index (χ4v) is 6.28. The Morgan fingerprint density at radius 1 is 1.02 bits per heavy atom. The number of fused-ring (bicyclic) bond motifs is 1. The molecule has 1 saturated carbocycles. The number of nitrogens with one attached hydrogen (secondary N) is 3. The van der Waals surface area contributed by atoms with Crippen LogP contribution in [0.3, 0.4) is 0 Å². The van der Waals surface area contributed by atoms with Crippen LogP contribution in [0.1, 0.15) is 81.3 Å². The van der Waals surface area contributed by atoms with Crippen molar-refractivity contribution in [3.8, 4) is 11.1 Å². The van der Waals surface area contributed by atoms with Crippen LogP contribution in [-0.4, -0.2) is 43.4 Å². The summed E-state index contributed by atoms with van der Waals surface area (Å²) in [6.45, 7) is 5.98. The molecule has 1 aliphatic carbocycles. The maximum Gasteiger partial charge on any atom is 0.257 e. The van der Waals surface area contributed by atoms with E-state index in [1.54, 1.807) is 20.0 Å². The van der Waals surface area contributed by atoms with E-state index in [1.165, 1.54) is 0 Å². The number of hydrazone groups is 1. The van der Waals surface area contributed by atoms with E-state index in [4.69, 9.17) is 4.74 Å². The molecule has 2 aromatic carbocycles. The summed E-state index contributed by atoms with van der Waals surface area (Å²) in [6.07, 6.45) is 7.56. The second-order valence-electron chi connectivity index (χ2n) is 12.2. The van der Waals surface area contributed by atoms with Crippen molar-refractivity contribution >= 4 is 11.5 Å². The minimum atomic E-state index is -0.847. The van der Waals surface area contributed by atoms with Gasteiger partial charge in [0, 0.05) is 29.7 Å². The fourth-order valence-electron chi connectivity index (χ4n) is 6.28. The minimum Gasteiger partial charge on any atom is -0.388 e. The zero-order valence-corrected chi connectivity index (χ0v) is 25.1. The number of aryl methyl sites for hydroxylation is 1. The first-order chi connectivity index (χ1) is 20.8. The summed E-state index contributed by atoms with van der Waals surface area (Å²) < 4.78 is 9.96. The summed E-state index contributed by atoms with van der Waals surface area (Å²) in [4.78, 5) is 14.3. The summed E-state index contributed by atoms with van der Waals surface area (Å²) in [5.41, 5.74) is 14.7. The van der Waals surface area contributed by atoms with Gasteiger partial charge in [0.2, 0.25) is 0 Å².